The quantitative estimate of drug-likeness (QED) is 0.820. The molecule has 2 aromatic rings. The first kappa shape index (κ1) is 18.2. The topological polar surface area (TPSA) is 45.8 Å². The molecule has 27 heavy (non-hydrogen) atoms. The molecule has 0 bridgehead atoms. The fourth-order valence-electron chi connectivity index (χ4n) is 5.30. The zero-order chi connectivity index (χ0) is 19.4. The molecule has 0 radical (unpaired) electrons. The molecule has 0 saturated carbocycles. The lowest BCUT2D eigenvalue weighted by atomic mass is 9.58. The van der Waals surface area contributed by atoms with Gasteiger partial charge in [0.05, 0.1) is 5.69 Å². The summed E-state index contributed by atoms with van der Waals surface area (Å²) in [5, 5.41) is 8.05. The number of allylic oxidation sites excluding steroid dienone is 2. The molecule has 1 aromatic carbocycles. The second-order valence-corrected chi connectivity index (χ2v) is 9.71. The van der Waals surface area contributed by atoms with Crippen LogP contribution >= 0.6 is 0 Å². The summed E-state index contributed by atoms with van der Waals surface area (Å²) in [6, 6.07) is 10.5. The molecule has 0 fully saturated rings. The van der Waals surface area contributed by atoms with E-state index >= 15 is 0 Å². The molecule has 2 aliphatic carbocycles. The van der Waals surface area contributed by atoms with Gasteiger partial charge in [-0.25, -0.2) is 0 Å². The van der Waals surface area contributed by atoms with Crippen LogP contribution in [-0.2, 0) is 23.1 Å². The Morgan fingerprint density at radius 2 is 1.81 bits per heavy atom. The monoisotopic (exact) mass is 362 g/mol. The van der Waals surface area contributed by atoms with Gasteiger partial charge < -0.3 is 0 Å². The molecule has 0 saturated heterocycles. The predicted molar refractivity (Wildman–Crippen MR) is 109 cm³/mol. The Morgan fingerprint density at radius 1 is 1.11 bits per heavy atom. The molecular formula is C24H30N2O. The number of nitrogens with zero attached hydrogens (tertiary/aromatic N) is 1. The van der Waals surface area contributed by atoms with Gasteiger partial charge >= 0.3 is 0 Å². The van der Waals surface area contributed by atoms with Gasteiger partial charge in [-0.3, -0.25) is 9.89 Å². The van der Waals surface area contributed by atoms with E-state index < -0.39 is 5.41 Å². The maximum absolute atomic E-state index is 13.4. The van der Waals surface area contributed by atoms with Gasteiger partial charge in [0.15, 0.2) is 5.78 Å². The lowest BCUT2D eigenvalue weighted by molar-refractivity contribution is -0.118. The average molecular weight is 363 g/mol. The van der Waals surface area contributed by atoms with Crippen molar-refractivity contribution in [2.75, 3.05) is 0 Å². The van der Waals surface area contributed by atoms with Crippen LogP contribution in [0.25, 0.3) is 0 Å². The van der Waals surface area contributed by atoms with Crippen molar-refractivity contribution in [3.8, 4) is 0 Å². The van der Waals surface area contributed by atoms with Gasteiger partial charge in [-0.2, -0.15) is 5.10 Å². The van der Waals surface area contributed by atoms with Gasteiger partial charge in [0, 0.05) is 35.1 Å². The molecule has 3 heteroatoms. The van der Waals surface area contributed by atoms with Crippen LogP contribution in [-0.4, -0.2) is 16.0 Å². The number of aromatic amines is 1. The molecule has 2 aliphatic rings. The molecular weight excluding hydrogens is 332 g/mol. The highest BCUT2D eigenvalue weighted by Crippen LogP contribution is 2.52. The third kappa shape index (κ3) is 2.88. The summed E-state index contributed by atoms with van der Waals surface area (Å²) in [5.41, 5.74) is 6.70. The van der Waals surface area contributed by atoms with Crippen LogP contribution in [0.5, 0.6) is 0 Å². The van der Waals surface area contributed by atoms with Crippen LogP contribution in [0, 0.1) is 11.3 Å². The third-order valence-electron chi connectivity index (χ3n) is 6.22. The molecule has 0 amide bonds. The smallest absolute Gasteiger partial charge is 0.160 e. The van der Waals surface area contributed by atoms with E-state index in [4.69, 9.17) is 5.10 Å². The van der Waals surface area contributed by atoms with Crippen molar-refractivity contribution in [1.29, 1.82) is 0 Å². The molecule has 1 aromatic heterocycles. The Kier molecular flexibility index (Phi) is 4.17. The van der Waals surface area contributed by atoms with E-state index in [1.54, 1.807) is 0 Å². The maximum Gasteiger partial charge on any atom is 0.160 e. The van der Waals surface area contributed by atoms with Crippen LogP contribution in [0.15, 0.2) is 41.5 Å². The second kappa shape index (κ2) is 6.19. The summed E-state index contributed by atoms with van der Waals surface area (Å²) in [7, 11) is 0. The van der Waals surface area contributed by atoms with E-state index in [0.29, 0.717) is 18.1 Å². The van der Waals surface area contributed by atoms with Gasteiger partial charge in [0.1, 0.15) is 0 Å². The molecule has 0 aliphatic heterocycles. The van der Waals surface area contributed by atoms with Crippen molar-refractivity contribution in [2.45, 2.75) is 65.7 Å². The van der Waals surface area contributed by atoms with Crippen LogP contribution in [0.4, 0.5) is 0 Å². The molecule has 0 unspecified atom stereocenters. The molecule has 142 valence electrons. The number of H-pyrrole nitrogens is 1. The minimum atomic E-state index is -0.422. The van der Waals surface area contributed by atoms with Gasteiger partial charge in [0.25, 0.3) is 0 Å². The minimum Gasteiger partial charge on any atom is -0.294 e. The summed E-state index contributed by atoms with van der Waals surface area (Å²) < 4.78 is 0. The van der Waals surface area contributed by atoms with E-state index in [-0.39, 0.29) is 5.41 Å². The Labute approximate surface area is 162 Å². The number of rotatable bonds is 3. The van der Waals surface area contributed by atoms with Gasteiger partial charge in [-0.15, -0.1) is 0 Å². The van der Waals surface area contributed by atoms with E-state index in [9.17, 15) is 4.79 Å². The van der Waals surface area contributed by atoms with E-state index in [1.165, 1.54) is 22.4 Å². The zero-order valence-corrected chi connectivity index (χ0v) is 17.1. The van der Waals surface area contributed by atoms with Crippen molar-refractivity contribution in [2.24, 2.45) is 11.3 Å². The van der Waals surface area contributed by atoms with Crippen molar-refractivity contribution >= 4 is 5.78 Å². The van der Waals surface area contributed by atoms with Crippen molar-refractivity contribution < 1.29 is 4.79 Å². The summed E-state index contributed by atoms with van der Waals surface area (Å²) in [5.74, 6) is 0.837. The fraction of sp³-hybridized carbons (Fsp3) is 0.500. The van der Waals surface area contributed by atoms with E-state index in [2.05, 4.69) is 64.0 Å². The lowest BCUT2D eigenvalue weighted by Crippen LogP contribution is -2.41. The van der Waals surface area contributed by atoms with Crippen LogP contribution in [0.1, 0.15) is 70.0 Å². The predicted octanol–water partition coefficient (Wildman–Crippen LogP) is 5.16. The second-order valence-electron chi connectivity index (χ2n) is 9.71. The SMILES string of the molecule is CC(C)Cc1n[nH]c2c1[C@@](C)(c1ccccc1)C1=C(C2)CC(C)(C)CC1=O. The molecule has 1 N–H and O–H groups in total. The highest BCUT2D eigenvalue weighted by atomic mass is 16.1. The number of hydrogen-bond acceptors (Lipinski definition) is 2. The number of hydrogen-bond donors (Lipinski definition) is 1. The lowest BCUT2D eigenvalue weighted by Gasteiger charge is -2.44. The van der Waals surface area contributed by atoms with Gasteiger partial charge in [-0.05, 0) is 36.7 Å². The summed E-state index contributed by atoms with van der Waals surface area (Å²) in [6.45, 7) is 11.1. The normalized spacial score (nSPS) is 24.1. The van der Waals surface area contributed by atoms with Gasteiger partial charge in [-0.1, -0.05) is 63.6 Å². The Hall–Kier alpha value is -2.16. The average Bonchev–Trinajstić information content (AvgIpc) is 2.96. The highest BCUT2D eigenvalue weighted by Gasteiger charge is 2.48. The summed E-state index contributed by atoms with van der Waals surface area (Å²) in [4.78, 5) is 13.4. The standard InChI is InChI=1S/C24H30N2O/c1-15(2)11-18-22-19(26-25-18)12-16-13-23(3,4)14-20(27)21(16)24(22,5)17-9-7-6-8-10-17/h6-10,15H,11-14H2,1-5H3,(H,25,26)/t24-/m0/s1. The number of carbonyl (C=O) groups is 1. The Morgan fingerprint density at radius 3 is 2.48 bits per heavy atom. The molecule has 3 nitrogen and oxygen atoms in total. The first-order valence-electron chi connectivity index (χ1n) is 10.1. The van der Waals surface area contributed by atoms with Crippen molar-refractivity contribution in [3.05, 3.63) is 64.0 Å². The number of fused-ring (bicyclic) bond motifs is 1. The Bertz CT molecular complexity index is 917. The molecule has 4 rings (SSSR count). The highest BCUT2D eigenvalue weighted by molar-refractivity contribution is 6.01. The van der Waals surface area contributed by atoms with E-state index in [0.717, 1.165) is 30.5 Å². The third-order valence-corrected chi connectivity index (χ3v) is 6.22. The summed E-state index contributed by atoms with van der Waals surface area (Å²) >= 11 is 0. The minimum absolute atomic E-state index is 0.0335. The number of Topliss-reactive ketones (excluding diaryl/α,β-unsaturated/α-hetero) is 1. The van der Waals surface area contributed by atoms with Crippen LogP contribution in [0.2, 0.25) is 0 Å². The molecule has 1 atom stereocenters. The summed E-state index contributed by atoms with van der Waals surface area (Å²) in [6.07, 6.45) is 3.36. The van der Waals surface area contributed by atoms with Crippen molar-refractivity contribution in [3.63, 3.8) is 0 Å². The van der Waals surface area contributed by atoms with E-state index in [1.807, 2.05) is 6.07 Å². The number of carbonyl (C=O) groups excluding carboxylic acids is 1. The van der Waals surface area contributed by atoms with Crippen molar-refractivity contribution in [1.82, 2.24) is 10.2 Å². The zero-order valence-electron chi connectivity index (χ0n) is 17.1. The first-order valence-corrected chi connectivity index (χ1v) is 10.1. The number of aromatic nitrogens is 2. The molecule has 0 spiro atoms. The number of nitrogens with one attached hydrogen (secondary N) is 1. The van der Waals surface area contributed by atoms with Gasteiger partial charge in [0.2, 0.25) is 0 Å². The Balaban J connectivity index is 1.98. The first-order chi connectivity index (χ1) is 12.7. The number of ketones is 1. The molecule has 1 heterocycles. The van der Waals surface area contributed by atoms with Crippen LogP contribution < -0.4 is 0 Å². The fourth-order valence-corrected chi connectivity index (χ4v) is 5.30. The number of benzene rings is 1. The van der Waals surface area contributed by atoms with Crippen LogP contribution in [0.3, 0.4) is 0 Å². The largest absolute Gasteiger partial charge is 0.294 e. The maximum atomic E-state index is 13.4.